The van der Waals surface area contributed by atoms with Crippen molar-refractivity contribution in [2.24, 2.45) is 0 Å². The van der Waals surface area contributed by atoms with Crippen molar-refractivity contribution in [1.82, 2.24) is 20.2 Å². The van der Waals surface area contributed by atoms with Gasteiger partial charge < -0.3 is 15.0 Å². The molecule has 29 heavy (non-hydrogen) atoms. The number of fused-ring (bicyclic) bond motifs is 1. The fourth-order valence-electron chi connectivity index (χ4n) is 3.27. The van der Waals surface area contributed by atoms with E-state index in [1.165, 1.54) is 12.1 Å². The van der Waals surface area contributed by atoms with Crippen LogP contribution in [0.4, 0.5) is 4.39 Å². The van der Waals surface area contributed by atoms with E-state index in [4.69, 9.17) is 4.74 Å². The standard InChI is InChI=1S/C22H25FN4O2/c1-13-14(2)26-21-17(10-15(23)11-18(21)25-13)22(28)24-12-19(27(3)4)16-8-6-7-9-20(16)29-5/h6-11,19H,12H2,1-5H3,(H,24,28). The van der Waals surface area contributed by atoms with Gasteiger partial charge in [0.05, 0.1) is 35.6 Å². The Balaban J connectivity index is 1.90. The quantitative estimate of drug-likeness (QED) is 0.692. The van der Waals surface area contributed by atoms with Gasteiger partial charge in [0.2, 0.25) is 0 Å². The van der Waals surface area contributed by atoms with Gasteiger partial charge in [-0.3, -0.25) is 4.79 Å². The number of ether oxygens (including phenoxy) is 1. The van der Waals surface area contributed by atoms with Crippen LogP contribution in [0.25, 0.3) is 11.0 Å². The van der Waals surface area contributed by atoms with E-state index in [1.807, 2.05) is 50.2 Å². The van der Waals surface area contributed by atoms with Crippen LogP contribution in [-0.2, 0) is 0 Å². The summed E-state index contributed by atoms with van der Waals surface area (Å²) in [4.78, 5) is 23.7. The predicted molar refractivity (Wildman–Crippen MR) is 111 cm³/mol. The molecule has 0 spiro atoms. The molecular formula is C22H25FN4O2. The zero-order valence-electron chi connectivity index (χ0n) is 17.3. The average molecular weight is 396 g/mol. The maximum atomic E-state index is 14.1. The number of halogens is 1. The number of methoxy groups -OCH3 is 1. The van der Waals surface area contributed by atoms with Gasteiger partial charge >= 0.3 is 0 Å². The second-order valence-electron chi connectivity index (χ2n) is 7.15. The first-order chi connectivity index (χ1) is 13.8. The summed E-state index contributed by atoms with van der Waals surface area (Å²) >= 11 is 0. The van der Waals surface area contributed by atoms with Crippen molar-refractivity contribution in [1.29, 1.82) is 0 Å². The summed E-state index contributed by atoms with van der Waals surface area (Å²) in [7, 11) is 5.48. The monoisotopic (exact) mass is 396 g/mol. The largest absolute Gasteiger partial charge is 0.496 e. The number of carbonyl (C=O) groups is 1. The van der Waals surface area contributed by atoms with Gasteiger partial charge in [-0.15, -0.1) is 0 Å². The maximum Gasteiger partial charge on any atom is 0.253 e. The molecule has 3 aromatic rings. The molecule has 0 bridgehead atoms. The summed E-state index contributed by atoms with van der Waals surface area (Å²) in [6.45, 7) is 3.94. The maximum absolute atomic E-state index is 14.1. The van der Waals surface area contributed by atoms with Crippen molar-refractivity contribution in [2.75, 3.05) is 27.7 Å². The minimum Gasteiger partial charge on any atom is -0.496 e. The Morgan fingerprint density at radius 3 is 2.55 bits per heavy atom. The molecule has 2 aromatic carbocycles. The van der Waals surface area contributed by atoms with Crippen molar-refractivity contribution in [3.8, 4) is 5.75 Å². The Labute approximate surface area is 169 Å². The molecule has 1 atom stereocenters. The van der Waals surface area contributed by atoms with Gasteiger partial charge in [0.15, 0.2) is 0 Å². The summed E-state index contributed by atoms with van der Waals surface area (Å²) in [6.07, 6.45) is 0. The van der Waals surface area contributed by atoms with Gasteiger partial charge in [0.25, 0.3) is 5.91 Å². The van der Waals surface area contributed by atoms with Gasteiger partial charge in [0, 0.05) is 18.2 Å². The normalized spacial score (nSPS) is 12.2. The number of likely N-dealkylation sites (N-methyl/N-ethyl adjacent to an activating group) is 1. The highest BCUT2D eigenvalue weighted by atomic mass is 19.1. The Morgan fingerprint density at radius 2 is 1.86 bits per heavy atom. The molecule has 7 heteroatoms. The van der Waals surface area contributed by atoms with Gasteiger partial charge in [-0.1, -0.05) is 18.2 Å². The Hall–Kier alpha value is -3.06. The Bertz CT molecular complexity index is 1050. The van der Waals surface area contributed by atoms with E-state index in [0.29, 0.717) is 29.0 Å². The molecule has 1 N–H and O–H groups in total. The van der Waals surface area contributed by atoms with Crippen LogP contribution in [0.15, 0.2) is 36.4 Å². The van der Waals surface area contributed by atoms with Crippen molar-refractivity contribution >= 4 is 16.9 Å². The van der Waals surface area contributed by atoms with Crippen LogP contribution in [0.1, 0.15) is 33.4 Å². The van der Waals surface area contributed by atoms with Crippen LogP contribution in [0.5, 0.6) is 5.75 Å². The molecule has 0 saturated heterocycles. The van der Waals surface area contributed by atoms with E-state index in [-0.39, 0.29) is 11.6 Å². The smallest absolute Gasteiger partial charge is 0.253 e. The van der Waals surface area contributed by atoms with Crippen LogP contribution < -0.4 is 10.1 Å². The van der Waals surface area contributed by atoms with Gasteiger partial charge in [-0.25, -0.2) is 14.4 Å². The summed E-state index contributed by atoms with van der Waals surface area (Å²) in [5.74, 6) is -0.170. The molecule has 1 amide bonds. The van der Waals surface area contributed by atoms with E-state index >= 15 is 0 Å². The van der Waals surface area contributed by atoms with Crippen LogP contribution in [-0.4, -0.2) is 48.5 Å². The number of aromatic nitrogens is 2. The van der Waals surface area contributed by atoms with E-state index in [1.54, 1.807) is 14.0 Å². The number of nitrogens with zero attached hydrogens (tertiary/aromatic N) is 3. The molecule has 0 aliphatic rings. The van der Waals surface area contributed by atoms with Gasteiger partial charge in [0.1, 0.15) is 17.1 Å². The third-order valence-electron chi connectivity index (χ3n) is 4.97. The molecular weight excluding hydrogens is 371 g/mol. The average Bonchev–Trinajstić information content (AvgIpc) is 2.68. The zero-order valence-corrected chi connectivity index (χ0v) is 17.3. The predicted octanol–water partition coefficient (Wildman–Crippen LogP) is 3.43. The van der Waals surface area contributed by atoms with Crippen molar-refractivity contribution < 1.29 is 13.9 Å². The number of aryl methyl sites for hydroxylation is 2. The molecule has 3 rings (SSSR count). The first-order valence-electron chi connectivity index (χ1n) is 9.34. The number of nitrogens with one attached hydrogen (secondary N) is 1. The second-order valence-corrected chi connectivity index (χ2v) is 7.15. The molecule has 0 aliphatic heterocycles. The molecule has 1 aromatic heterocycles. The van der Waals surface area contributed by atoms with E-state index < -0.39 is 11.7 Å². The molecule has 0 radical (unpaired) electrons. The first-order valence-corrected chi connectivity index (χ1v) is 9.34. The fraction of sp³-hybridized carbons (Fsp3) is 0.318. The number of para-hydroxylation sites is 1. The highest BCUT2D eigenvalue weighted by molar-refractivity contribution is 6.04. The highest BCUT2D eigenvalue weighted by Gasteiger charge is 2.21. The summed E-state index contributed by atoms with van der Waals surface area (Å²) in [6, 6.07) is 10.0. The van der Waals surface area contributed by atoms with E-state index in [0.717, 1.165) is 11.3 Å². The lowest BCUT2D eigenvalue weighted by Crippen LogP contribution is -2.35. The lowest BCUT2D eigenvalue weighted by molar-refractivity contribution is 0.0942. The van der Waals surface area contributed by atoms with Crippen molar-refractivity contribution in [2.45, 2.75) is 19.9 Å². The highest BCUT2D eigenvalue weighted by Crippen LogP contribution is 2.27. The van der Waals surface area contributed by atoms with Gasteiger partial charge in [-0.05, 0) is 40.1 Å². The van der Waals surface area contributed by atoms with Crippen molar-refractivity contribution in [3.05, 3.63) is 64.7 Å². The molecule has 152 valence electrons. The topological polar surface area (TPSA) is 67.3 Å². The van der Waals surface area contributed by atoms with E-state index in [2.05, 4.69) is 15.3 Å². The van der Waals surface area contributed by atoms with Crippen LogP contribution in [0, 0.1) is 19.7 Å². The SMILES string of the molecule is COc1ccccc1C(CNC(=O)c1cc(F)cc2nc(C)c(C)nc12)N(C)C. The number of rotatable bonds is 6. The molecule has 1 heterocycles. The summed E-state index contributed by atoms with van der Waals surface area (Å²) < 4.78 is 19.6. The molecule has 0 aliphatic carbocycles. The van der Waals surface area contributed by atoms with Gasteiger partial charge in [-0.2, -0.15) is 0 Å². The lowest BCUT2D eigenvalue weighted by atomic mass is 10.0. The third-order valence-corrected chi connectivity index (χ3v) is 4.97. The molecule has 0 fully saturated rings. The van der Waals surface area contributed by atoms with Crippen LogP contribution in [0.2, 0.25) is 0 Å². The molecule has 0 saturated carbocycles. The molecule has 6 nitrogen and oxygen atoms in total. The summed E-state index contributed by atoms with van der Waals surface area (Å²) in [5.41, 5.74) is 3.30. The number of hydrogen-bond acceptors (Lipinski definition) is 5. The third kappa shape index (κ3) is 4.35. The minimum absolute atomic E-state index is 0.120. The zero-order chi connectivity index (χ0) is 21.1. The van der Waals surface area contributed by atoms with Crippen molar-refractivity contribution in [3.63, 3.8) is 0 Å². The number of benzene rings is 2. The lowest BCUT2D eigenvalue weighted by Gasteiger charge is -2.26. The Kier molecular flexibility index (Phi) is 6.08. The second kappa shape index (κ2) is 8.53. The summed E-state index contributed by atoms with van der Waals surface area (Å²) in [5, 5.41) is 2.91. The number of hydrogen-bond donors (Lipinski definition) is 1. The van der Waals surface area contributed by atoms with Crippen LogP contribution in [0.3, 0.4) is 0 Å². The van der Waals surface area contributed by atoms with E-state index in [9.17, 15) is 9.18 Å². The Morgan fingerprint density at radius 1 is 1.17 bits per heavy atom. The number of carbonyl (C=O) groups excluding carboxylic acids is 1. The fourth-order valence-corrected chi connectivity index (χ4v) is 3.27. The molecule has 1 unspecified atom stereocenters. The minimum atomic E-state index is -0.519. The van der Waals surface area contributed by atoms with Crippen LogP contribution >= 0.6 is 0 Å². The first kappa shape index (κ1) is 20.7. The number of amides is 1.